The lowest BCUT2D eigenvalue weighted by molar-refractivity contribution is -0.227. The predicted octanol–water partition coefficient (Wildman–Crippen LogP) is 6.22. The maximum atomic E-state index is 12.8. The van der Waals surface area contributed by atoms with Crippen LogP contribution in [-0.4, -0.2) is 52.4 Å². The third-order valence-electron chi connectivity index (χ3n) is 6.68. The van der Waals surface area contributed by atoms with Crippen molar-refractivity contribution in [1.82, 2.24) is 9.55 Å². The highest BCUT2D eigenvalue weighted by Crippen LogP contribution is 2.39. The Hall–Kier alpha value is -3.10. The van der Waals surface area contributed by atoms with Crippen LogP contribution in [0.5, 0.6) is 0 Å². The van der Waals surface area contributed by atoms with Crippen molar-refractivity contribution in [2.75, 3.05) is 6.61 Å². The van der Waals surface area contributed by atoms with Gasteiger partial charge in [0.05, 0.1) is 21.1 Å². The van der Waals surface area contributed by atoms with E-state index in [0.717, 1.165) is 9.86 Å². The van der Waals surface area contributed by atoms with E-state index in [2.05, 4.69) is 15.9 Å². The lowest BCUT2D eigenvalue weighted by Crippen LogP contribution is -2.52. The van der Waals surface area contributed by atoms with Gasteiger partial charge in [-0.3, -0.25) is 19.0 Å². The van der Waals surface area contributed by atoms with Crippen molar-refractivity contribution < 1.29 is 37.7 Å². The molecule has 5 rings (SSSR count). The molecule has 4 atom stereocenters. The first-order valence-electron chi connectivity index (χ1n) is 13.2. The number of carbonyl (C=O) groups excluding carboxylic acids is 3. The summed E-state index contributed by atoms with van der Waals surface area (Å²) >= 11 is 17.4. The van der Waals surface area contributed by atoms with Crippen molar-refractivity contribution >= 4 is 90.8 Å². The zero-order valence-corrected chi connectivity index (χ0v) is 27.4. The van der Waals surface area contributed by atoms with Gasteiger partial charge in [0, 0.05) is 48.4 Å². The molecule has 2 aromatic heterocycles. The summed E-state index contributed by atoms with van der Waals surface area (Å²) in [6, 6.07) is 10.3. The Kier molecular flexibility index (Phi) is 9.90. The quantitative estimate of drug-likeness (QED) is 0.0886. The summed E-state index contributed by atoms with van der Waals surface area (Å²) in [7, 11) is 0. The van der Waals surface area contributed by atoms with E-state index in [1.165, 1.54) is 32.5 Å². The van der Waals surface area contributed by atoms with E-state index in [0.29, 0.717) is 27.3 Å². The molecule has 1 fully saturated rings. The number of aromatic nitrogens is 2. The van der Waals surface area contributed by atoms with Crippen LogP contribution in [0, 0.1) is 0 Å². The number of rotatable bonds is 8. The molecule has 0 saturated carbocycles. The van der Waals surface area contributed by atoms with Crippen molar-refractivity contribution in [3.8, 4) is 0 Å². The average Bonchev–Trinajstić information content (AvgIpc) is 3.28. The minimum absolute atomic E-state index is 0.0412. The second-order valence-electron chi connectivity index (χ2n) is 9.94. The SMILES string of the molecule is CC(=O)OC[C@H]1O[C@@H](n2c(SCc3cc4cc(Br)ccc4oc3=O)nc3cc(Cl)c(Cl)cc32)C[C@@H](OC(C)=O)[C@@H]1OC(C)=O. The first kappa shape index (κ1) is 32.3. The smallest absolute Gasteiger partial charge is 0.340 e. The molecule has 1 aliphatic rings. The summed E-state index contributed by atoms with van der Waals surface area (Å²) in [5, 5.41) is 1.72. The minimum Gasteiger partial charge on any atom is -0.463 e. The molecule has 1 aliphatic heterocycles. The van der Waals surface area contributed by atoms with E-state index < -0.39 is 48.1 Å². The van der Waals surface area contributed by atoms with E-state index in [1.807, 2.05) is 6.07 Å². The van der Waals surface area contributed by atoms with Gasteiger partial charge in [-0.05, 0) is 36.4 Å². The lowest BCUT2D eigenvalue weighted by atomic mass is 10.00. The van der Waals surface area contributed by atoms with Gasteiger partial charge in [0.15, 0.2) is 11.3 Å². The van der Waals surface area contributed by atoms with Crippen LogP contribution in [0.25, 0.3) is 22.0 Å². The molecule has 44 heavy (non-hydrogen) atoms. The number of thioether (sulfide) groups is 1. The zero-order valence-electron chi connectivity index (χ0n) is 23.5. The number of nitrogens with zero attached hydrogens (tertiary/aromatic N) is 2. The Labute approximate surface area is 273 Å². The summed E-state index contributed by atoms with van der Waals surface area (Å²) in [5.74, 6) is -1.63. The van der Waals surface area contributed by atoms with E-state index in [1.54, 1.807) is 34.9 Å². The van der Waals surface area contributed by atoms with Crippen molar-refractivity contribution in [2.24, 2.45) is 0 Å². The highest BCUT2D eigenvalue weighted by atomic mass is 79.9. The number of fused-ring (bicyclic) bond motifs is 2. The lowest BCUT2D eigenvalue weighted by Gasteiger charge is -2.40. The number of hydrogen-bond donors (Lipinski definition) is 0. The van der Waals surface area contributed by atoms with E-state index in [-0.39, 0.29) is 28.8 Å². The monoisotopic (exact) mass is 726 g/mol. The largest absolute Gasteiger partial charge is 0.463 e. The molecule has 0 spiro atoms. The Balaban J connectivity index is 1.56. The van der Waals surface area contributed by atoms with Crippen molar-refractivity contribution in [2.45, 2.75) is 62.6 Å². The molecule has 0 radical (unpaired) electrons. The van der Waals surface area contributed by atoms with E-state index in [4.69, 9.17) is 51.6 Å². The minimum atomic E-state index is -1.06. The maximum Gasteiger partial charge on any atom is 0.340 e. The Morgan fingerprint density at radius 3 is 2.48 bits per heavy atom. The molecular formula is C29H25BrCl2N2O9S. The predicted molar refractivity (Wildman–Crippen MR) is 166 cm³/mol. The summed E-state index contributed by atoms with van der Waals surface area (Å²) < 4.78 is 30.7. The van der Waals surface area contributed by atoms with Crippen molar-refractivity contribution in [1.29, 1.82) is 0 Å². The molecule has 0 N–H and O–H groups in total. The van der Waals surface area contributed by atoms with Gasteiger partial charge in [-0.2, -0.15) is 0 Å². The van der Waals surface area contributed by atoms with Crippen LogP contribution < -0.4 is 5.63 Å². The average molecular weight is 728 g/mol. The number of esters is 3. The number of carbonyl (C=O) groups is 3. The second kappa shape index (κ2) is 13.5. The fourth-order valence-electron chi connectivity index (χ4n) is 4.91. The summed E-state index contributed by atoms with van der Waals surface area (Å²) in [4.78, 5) is 53.3. The van der Waals surface area contributed by atoms with Crippen molar-refractivity contribution in [3.63, 3.8) is 0 Å². The number of ether oxygens (including phenoxy) is 4. The number of imidazole rings is 1. The maximum absolute atomic E-state index is 12.8. The van der Waals surface area contributed by atoms with E-state index in [9.17, 15) is 19.2 Å². The fraction of sp³-hybridized carbons (Fsp3) is 0.345. The van der Waals surface area contributed by atoms with Crippen LogP contribution in [0.3, 0.4) is 0 Å². The van der Waals surface area contributed by atoms with Crippen LogP contribution in [0.2, 0.25) is 10.0 Å². The Morgan fingerprint density at radius 2 is 1.77 bits per heavy atom. The fourth-order valence-corrected chi connectivity index (χ4v) is 6.61. The van der Waals surface area contributed by atoms with Crippen LogP contribution >= 0.6 is 50.9 Å². The van der Waals surface area contributed by atoms with Gasteiger partial charge in [0.25, 0.3) is 0 Å². The molecule has 0 aliphatic carbocycles. The third-order valence-corrected chi connectivity index (χ3v) is 8.90. The summed E-state index contributed by atoms with van der Waals surface area (Å²) in [6.45, 7) is 3.40. The normalized spacial score (nSPS) is 20.0. The summed E-state index contributed by atoms with van der Waals surface area (Å²) in [6.07, 6.45) is -3.84. The first-order valence-corrected chi connectivity index (χ1v) is 15.8. The second-order valence-corrected chi connectivity index (χ2v) is 12.6. The van der Waals surface area contributed by atoms with Gasteiger partial charge >= 0.3 is 23.5 Å². The standard InChI is InChI=1S/C29H25BrCl2N2O9S/c1-13(35)39-11-25-27(41-15(3)37)24(40-14(2)36)10-26(42-25)34-22-9-20(32)19(31)8-21(22)33-29(34)44-12-17-6-16-7-18(30)4-5-23(16)43-28(17)38/h4-9,24-27H,10-12H2,1-3H3/t24-,25-,26-,27+/m1/s1. The van der Waals surface area contributed by atoms with Gasteiger partial charge < -0.3 is 23.4 Å². The molecule has 2 aromatic carbocycles. The van der Waals surface area contributed by atoms with Crippen LogP contribution in [-0.2, 0) is 39.1 Å². The molecule has 0 bridgehead atoms. The molecule has 4 aromatic rings. The Bertz CT molecular complexity index is 1830. The summed E-state index contributed by atoms with van der Waals surface area (Å²) in [5.41, 5.74) is 1.40. The number of hydrogen-bond acceptors (Lipinski definition) is 11. The van der Waals surface area contributed by atoms with Gasteiger partial charge in [0.2, 0.25) is 0 Å². The molecule has 1 saturated heterocycles. The molecule has 0 unspecified atom stereocenters. The van der Waals surface area contributed by atoms with Crippen LogP contribution in [0.15, 0.2) is 55.2 Å². The van der Waals surface area contributed by atoms with Crippen LogP contribution in [0.4, 0.5) is 0 Å². The topological polar surface area (TPSA) is 136 Å². The zero-order chi connectivity index (χ0) is 31.7. The molecule has 11 nitrogen and oxygen atoms in total. The van der Waals surface area contributed by atoms with E-state index >= 15 is 0 Å². The highest BCUT2D eigenvalue weighted by molar-refractivity contribution is 9.10. The van der Waals surface area contributed by atoms with Gasteiger partial charge in [-0.25, -0.2) is 9.78 Å². The molecule has 232 valence electrons. The Morgan fingerprint density at radius 1 is 1.05 bits per heavy atom. The number of benzene rings is 2. The molecule has 0 amide bonds. The highest BCUT2D eigenvalue weighted by Gasteiger charge is 2.45. The van der Waals surface area contributed by atoms with Crippen LogP contribution in [0.1, 0.15) is 39.0 Å². The van der Waals surface area contributed by atoms with Crippen molar-refractivity contribution in [3.05, 3.63) is 66.9 Å². The molecule has 3 heterocycles. The van der Waals surface area contributed by atoms with Gasteiger partial charge in [0.1, 0.15) is 30.6 Å². The van der Waals surface area contributed by atoms with Gasteiger partial charge in [-0.15, -0.1) is 0 Å². The van der Waals surface area contributed by atoms with Gasteiger partial charge in [-0.1, -0.05) is 50.9 Å². The molecule has 15 heteroatoms. The number of halogens is 3. The third kappa shape index (κ3) is 7.23. The molecular weight excluding hydrogens is 703 g/mol. The first-order chi connectivity index (χ1) is 20.9.